The molecule has 4 rings (SSSR count). The highest BCUT2D eigenvalue weighted by Crippen LogP contribution is 2.17. The Balaban J connectivity index is 1.31. The fourth-order valence-electron chi connectivity index (χ4n) is 4.01. The molecule has 1 atom stereocenters. The summed E-state index contributed by atoms with van der Waals surface area (Å²) in [7, 11) is 0. The molecule has 1 amide bonds. The number of aromatic nitrogens is 1. The van der Waals surface area contributed by atoms with Crippen molar-refractivity contribution in [2.45, 2.75) is 38.8 Å². The van der Waals surface area contributed by atoms with E-state index in [1.54, 1.807) is 0 Å². The largest absolute Gasteiger partial charge is 0.391 e. The molecule has 6 heteroatoms. The zero-order valence-electron chi connectivity index (χ0n) is 16.0. The lowest BCUT2D eigenvalue weighted by Gasteiger charge is -2.23. The predicted molar refractivity (Wildman–Crippen MR) is 107 cm³/mol. The molecule has 2 aliphatic heterocycles. The first kappa shape index (κ1) is 18.0. The van der Waals surface area contributed by atoms with Crippen molar-refractivity contribution in [3.8, 4) is 0 Å². The number of hydrogen-bond acceptors (Lipinski definition) is 4. The molecule has 27 heavy (non-hydrogen) atoms. The summed E-state index contributed by atoms with van der Waals surface area (Å²) >= 11 is 0. The molecule has 0 aliphatic carbocycles. The van der Waals surface area contributed by atoms with Gasteiger partial charge in [0.1, 0.15) is 12.6 Å². The summed E-state index contributed by atoms with van der Waals surface area (Å²) in [5, 5.41) is 5.34. The zero-order valence-corrected chi connectivity index (χ0v) is 16.0. The van der Waals surface area contributed by atoms with Gasteiger partial charge in [0.05, 0.1) is 5.71 Å². The van der Waals surface area contributed by atoms with Crippen molar-refractivity contribution in [1.29, 1.82) is 0 Å². The molecule has 0 radical (unpaired) electrons. The summed E-state index contributed by atoms with van der Waals surface area (Å²) in [5.41, 5.74) is 2.28. The maximum absolute atomic E-state index is 12.8. The fraction of sp³-hybridized carbons (Fsp3) is 0.524. The molecule has 2 aromatic rings. The lowest BCUT2D eigenvalue weighted by Crippen LogP contribution is -2.38. The van der Waals surface area contributed by atoms with Gasteiger partial charge in [0.25, 0.3) is 0 Å². The molecule has 6 nitrogen and oxygen atoms in total. The number of carbonyl (C=O) groups excluding carboxylic acids is 1. The first-order valence-corrected chi connectivity index (χ1v) is 9.98. The van der Waals surface area contributed by atoms with Gasteiger partial charge >= 0.3 is 0 Å². The molecule has 0 N–H and O–H groups in total. The highest BCUT2D eigenvalue weighted by Gasteiger charge is 2.25. The summed E-state index contributed by atoms with van der Waals surface area (Å²) in [6.07, 6.45) is 5.10. The summed E-state index contributed by atoms with van der Waals surface area (Å²) in [5.74, 6) is 0.201. The van der Waals surface area contributed by atoms with Crippen LogP contribution in [0.5, 0.6) is 0 Å². The molecule has 144 valence electrons. The van der Waals surface area contributed by atoms with E-state index in [9.17, 15) is 4.79 Å². The third kappa shape index (κ3) is 4.16. The number of fused-ring (bicyclic) bond motifs is 1. The Morgan fingerprint density at radius 3 is 2.93 bits per heavy atom. The quantitative estimate of drug-likeness (QED) is 0.815. The SMILES string of the molecule is CCC1=NOC(CN2CCCN(C(=O)Cn3ccc4ccccc43)CC2)C1. The number of oxime groups is 1. The average molecular weight is 368 g/mol. The molecule has 0 bridgehead atoms. The molecule has 1 saturated heterocycles. The second-order valence-electron chi connectivity index (χ2n) is 7.48. The number of benzene rings is 1. The first-order chi connectivity index (χ1) is 13.2. The van der Waals surface area contributed by atoms with Gasteiger partial charge in [-0.25, -0.2) is 0 Å². The molecule has 0 spiro atoms. The predicted octanol–water partition coefficient (Wildman–Crippen LogP) is 2.73. The van der Waals surface area contributed by atoms with Crippen molar-refractivity contribution < 1.29 is 9.63 Å². The van der Waals surface area contributed by atoms with Crippen LogP contribution < -0.4 is 0 Å². The van der Waals surface area contributed by atoms with Crippen LogP contribution in [-0.4, -0.2) is 64.8 Å². The minimum atomic E-state index is 0.174. The lowest BCUT2D eigenvalue weighted by atomic mass is 10.1. The maximum atomic E-state index is 12.8. The third-order valence-corrected chi connectivity index (χ3v) is 5.59. The van der Waals surface area contributed by atoms with Crippen LogP contribution in [0.25, 0.3) is 10.9 Å². The lowest BCUT2D eigenvalue weighted by molar-refractivity contribution is -0.131. The van der Waals surface area contributed by atoms with Crippen molar-refractivity contribution in [1.82, 2.24) is 14.4 Å². The number of nitrogens with zero attached hydrogens (tertiary/aromatic N) is 4. The monoisotopic (exact) mass is 368 g/mol. The van der Waals surface area contributed by atoms with Crippen molar-refractivity contribution in [3.05, 3.63) is 36.5 Å². The number of carbonyl (C=O) groups is 1. The van der Waals surface area contributed by atoms with Crippen LogP contribution in [0.15, 0.2) is 41.7 Å². The number of para-hydroxylation sites is 1. The Bertz CT molecular complexity index is 828. The molecular formula is C21H28N4O2. The summed E-state index contributed by atoms with van der Waals surface area (Å²) < 4.78 is 2.05. The first-order valence-electron chi connectivity index (χ1n) is 9.98. The second-order valence-corrected chi connectivity index (χ2v) is 7.48. The van der Waals surface area contributed by atoms with Crippen LogP contribution in [0.3, 0.4) is 0 Å². The third-order valence-electron chi connectivity index (χ3n) is 5.59. The van der Waals surface area contributed by atoms with Gasteiger partial charge in [0.2, 0.25) is 5.91 Å². The van der Waals surface area contributed by atoms with Gasteiger partial charge in [-0.3, -0.25) is 9.69 Å². The van der Waals surface area contributed by atoms with Crippen LogP contribution in [0, 0.1) is 0 Å². The number of rotatable bonds is 5. The van der Waals surface area contributed by atoms with E-state index in [0.717, 1.165) is 63.2 Å². The van der Waals surface area contributed by atoms with E-state index in [-0.39, 0.29) is 12.0 Å². The van der Waals surface area contributed by atoms with Crippen LogP contribution in [0.4, 0.5) is 0 Å². The van der Waals surface area contributed by atoms with Crippen LogP contribution in [0.1, 0.15) is 26.2 Å². The fourth-order valence-corrected chi connectivity index (χ4v) is 4.01. The summed E-state index contributed by atoms with van der Waals surface area (Å²) in [4.78, 5) is 22.8. The van der Waals surface area contributed by atoms with E-state index in [1.807, 2.05) is 23.2 Å². The van der Waals surface area contributed by atoms with Crippen molar-refractivity contribution >= 4 is 22.5 Å². The second kappa shape index (κ2) is 8.13. The van der Waals surface area contributed by atoms with Crippen LogP contribution in [-0.2, 0) is 16.2 Å². The highest BCUT2D eigenvalue weighted by molar-refractivity contribution is 5.85. The Labute approximate surface area is 160 Å². The topological polar surface area (TPSA) is 50.1 Å². The molecule has 1 aromatic carbocycles. The van der Waals surface area contributed by atoms with Gasteiger partial charge in [-0.2, -0.15) is 0 Å². The Kier molecular flexibility index (Phi) is 5.43. The highest BCUT2D eigenvalue weighted by atomic mass is 16.6. The van der Waals surface area contributed by atoms with E-state index >= 15 is 0 Å². The summed E-state index contributed by atoms with van der Waals surface area (Å²) in [6, 6.07) is 10.3. The van der Waals surface area contributed by atoms with Gasteiger partial charge in [0, 0.05) is 50.9 Å². The van der Waals surface area contributed by atoms with Crippen LogP contribution in [0.2, 0.25) is 0 Å². The smallest absolute Gasteiger partial charge is 0.242 e. The van der Waals surface area contributed by atoms with E-state index in [0.29, 0.717) is 6.54 Å². The van der Waals surface area contributed by atoms with Gasteiger partial charge in [-0.15, -0.1) is 0 Å². The molecule has 1 aromatic heterocycles. The van der Waals surface area contributed by atoms with E-state index in [4.69, 9.17) is 4.84 Å². The Morgan fingerprint density at radius 2 is 2.07 bits per heavy atom. The molecule has 3 heterocycles. The van der Waals surface area contributed by atoms with Crippen molar-refractivity contribution in [2.75, 3.05) is 32.7 Å². The van der Waals surface area contributed by atoms with E-state index in [2.05, 4.69) is 39.7 Å². The molecular weight excluding hydrogens is 340 g/mol. The van der Waals surface area contributed by atoms with Crippen LogP contribution >= 0.6 is 0 Å². The molecule has 1 unspecified atom stereocenters. The van der Waals surface area contributed by atoms with Gasteiger partial charge in [0.15, 0.2) is 0 Å². The van der Waals surface area contributed by atoms with Gasteiger partial charge in [-0.05, 0) is 30.4 Å². The Morgan fingerprint density at radius 1 is 1.19 bits per heavy atom. The molecule has 2 aliphatic rings. The molecule has 0 saturated carbocycles. The number of amides is 1. The van der Waals surface area contributed by atoms with E-state index < -0.39 is 0 Å². The van der Waals surface area contributed by atoms with Crippen molar-refractivity contribution in [2.24, 2.45) is 5.16 Å². The average Bonchev–Trinajstić information content (AvgIpc) is 3.23. The minimum Gasteiger partial charge on any atom is -0.391 e. The van der Waals surface area contributed by atoms with Gasteiger partial charge < -0.3 is 14.3 Å². The zero-order chi connectivity index (χ0) is 18.6. The summed E-state index contributed by atoms with van der Waals surface area (Å²) in [6.45, 7) is 6.96. The van der Waals surface area contributed by atoms with Gasteiger partial charge in [-0.1, -0.05) is 30.3 Å². The molecule has 1 fully saturated rings. The van der Waals surface area contributed by atoms with E-state index in [1.165, 1.54) is 5.39 Å². The minimum absolute atomic E-state index is 0.174. The van der Waals surface area contributed by atoms with Crippen molar-refractivity contribution in [3.63, 3.8) is 0 Å². The Hall–Kier alpha value is -2.34. The normalized spacial score (nSPS) is 21.1. The number of hydrogen-bond donors (Lipinski definition) is 0. The maximum Gasteiger partial charge on any atom is 0.242 e. The standard InChI is InChI=1S/C21H28N4O2/c1-2-18-14-19(27-22-18)15-23-9-5-10-24(13-12-23)21(26)16-25-11-8-17-6-3-4-7-20(17)25/h3-4,6-8,11,19H,2,5,9-10,12-16H2,1H3.